The molecular formula is C16H14FN3O. The minimum absolute atomic E-state index is 0.165. The van der Waals surface area contributed by atoms with Crippen molar-refractivity contribution in [2.75, 3.05) is 5.32 Å². The Balaban J connectivity index is 1.69. The summed E-state index contributed by atoms with van der Waals surface area (Å²) in [5, 5.41) is 3.25. The van der Waals surface area contributed by atoms with Gasteiger partial charge in [0.25, 0.3) is 0 Å². The highest BCUT2D eigenvalue weighted by molar-refractivity contribution is 5.49. The van der Waals surface area contributed by atoms with E-state index in [0.29, 0.717) is 6.54 Å². The summed E-state index contributed by atoms with van der Waals surface area (Å²) < 4.78 is 14.3. The van der Waals surface area contributed by atoms with Crippen molar-refractivity contribution in [1.82, 2.24) is 9.55 Å². The van der Waals surface area contributed by atoms with E-state index in [0.717, 1.165) is 16.9 Å². The molecule has 0 spiro atoms. The number of aromatic amines is 1. The van der Waals surface area contributed by atoms with Crippen LogP contribution >= 0.6 is 0 Å². The van der Waals surface area contributed by atoms with Gasteiger partial charge in [-0.3, -0.25) is 4.57 Å². The second kappa shape index (κ2) is 5.66. The van der Waals surface area contributed by atoms with E-state index >= 15 is 0 Å². The third-order valence-electron chi connectivity index (χ3n) is 3.20. The summed E-state index contributed by atoms with van der Waals surface area (Å²) in [6.07, 6.45) is 3.28. The van der Waals surface area contributed by atoms with E-state index in [2.05, 4.69) is 10.3 Å². The van der Waals surface area contributed by atoms with Crippen LogP contribution in [-0.4, -0.2) is 9.55 Å². The number of halogens is 1. The molecular weight excluding hydrogens is 269 g/mol. The number of benzene rings is 2. The topological polar surface area (TPSA) is 49.8 Å². The summed E-state index contributed by atoms with van der Waals surface area (Å²) in [7, 11) is 0. The first kappa shape index (κ1) is 13.2. The number of H-pyrrole nitrogens is 1. The highest BCUT2D eigenvalue weighted by Gasteiger charge is 2.00. The summed E-state index contributed by atoms with van der Waals surface area (Å²) in [4.78, 5) is 14.1. The molecule has 4 nitrogen and oxygen atoms in total. The van der Waals surface area contributed by atoms with E-state index in [1.54, 1.807) is 24.5 Å². The van der Waals surface area contributed by atoms with Gasteiger partial charge in [-0.1, -0.05) is 12.1 Å². The molecule has 106 valence electrons. The monoisotopic (exact) mass is 283 g/mol. The molecule has 2 N–H and O–H groups in total. The zero-order chi connectivity index (χ0) is 14.7. The summed E-state index contributed by atoms with van der Waals surface area (Å²) in [6.45, 7) is 0.615. The summed E-state index contributed by atoms with van der Waals surface area (Å²) in [5.41, 5.74) is 2.57. The quantitative estimate of drug-likeness (QED) is 0.773. The molecule has 0 bridgehead atoms. The zero-order valence-electron chi connectivity index (χ0n) is 11.2. The fraction of sp³-hybridized carbons (Fsp3) is 0.0625. The molecule has 0 unspecified atom stereocenters. The molecule has 2 aromatic carbocycles. The molecule has 0 aliphatic carbocycles. The Morgan fingerprint density at radius 3 is 2.38 bits per heavy atom. The summed E-state index contributed by atoms with van der Waals surface area (Å²) in [5.74, 6) is -0.236. The molecule has 0 amide bonds. The Morgan fingerprint density at radius 1 is 1.05 bits per heavy atom. The SMILES string of the molecule is O=c1[nH]ccn1-c1ccc(NCc2ccc(F)cc2)cc1. The van der Waals surface area contributed by atoms with E-state index in [1.807, 2.05) is 24.3 Å². The first-order chi connectivity index (χ1) is 10.2. The minimum atomic E-state index is -0.236. The van der Waals surface area contributed by atoms with Crippen LogP contribution in [-0.2, 0) is 6.54 Å². The third kappa shape index (κ3) is 3.02. The predicted molar refractivity (Wildman–Crippen MR) is 80.1 cm³/mol. The van der Waals surface area contributed by atoms with Gasteiger partial charge in [0.15, 0.2) is 0 Å². The van der Waals surface area contributed by atoms with Crippen molar-refractivity contribution >= 4 is 5.69 Å². The van der Waals surface area contributed by atoms with Gasteiger partial charge in [-0.2, -0.15) is 0 Å². The number of anilines is 1. The number of hydrogen-bond acceptors (Lipinski definition) is 2. The lowest BCUT2D eigenvalue weighted by atomic mass is 10.2. The number of nitrogens with one attached hydrogen (secondary N) is 2. The maximum atomic E-state index is 12.8. The Labute approximate surface area is 120 Å². The van der Waals surface area contributed by atoms with Gasteiger partial charge in [-0.25, -0.2) is 9.18 Å². The number of hydrogen-bond donors (Lipinski definition) is 2. The molecule has 5 heteroatoms. The van der Waals surface area contributed by atoms with Crippen molar-refractivity contribution in [3.8, 4) is 5.69 Å². The van der Waals surface area contributed by atoms with Crippen LogP contribution in [0.5, 0.6) is 0 Å². The van der Waals surface area contributed by atoms with E-state index in [9.17, 15) is 9.18 Å². The van der Waals surface area contributed by atoms with Crippen molar-refractivity contribution in [2.45, 2.75) is 6.54 Å². The molecule has 1 heterocycles. The standard InChI is InChI=1S/C16H14FN3O/c17-13-3-1-12(2-4-13)11-19-14-5-7-15(8-6-14)20-10-9-18-16(20)21/h1-10,19H,11H2,(H,18,21). The number of imidazole rings is 1. The minimum Gasteiger partial charge on any atom is -0.381 e. The van der Waals surface area contributed by atoms with E-state index in [1.165, 1.54) is 16.7 Å². The van der Waals surface area contributed by atoms with E-state index in [-0.39, 0.29) is 11.5 Å². The Morgan fingerprint density at radius 2 is 1.76 bits per heavy atom. The summed E-state index contributed by atoms with van der Waals surface area (Å²) in [6, 6.07) is 13.9. The lowest BCUT2D eigenvalue weighted by Gasteiger charge is -2.08. The Hall–Kier alpha value is -2.82. The Bertz CT molecular complexity index is 772. The molecule has 0 saturated heterocycles. The van der Waals surface area contributed by atoms with Gasteiger partial charge in [0.05, 0.1) is 5.69 Å². The lowest BCUT2D eigenvalue weighted by Crippen LogP contribution is -2.13. The molecule has 0 atom stereocenters. The molecule has 0 fully saturated rings. The molecule has 3 rings (SSSR count). The van der Waals surface area contributed by atoms with Crippen LogP contribution < -0.4 is 11.0 Å². The van der Waals surface area contributed by atoms with Crippen molar-refractivity contribution in [1.29, 1.82) is 0 Å². The third-order valence-corrected chi connectivity index (χ3v) is 3.20. The number of nitrogens with zero attached hydrogens (tertiary/aromatic N) is 1. The van der Waals surface area contributed by atoms with Gasteiger partial charge >= 0.3 is 5.69 Å². The van der Waals surface area contributed by atoms with Crippen LogP contribution in [0.25, 0.3) is 5.69 Å². The van der Waals surface area contributed by atoms with Crippen LogP contribution in [0.1, 0.15) is 5.56 Å². The van der Waals surface area contributed by atoms with E-state index < -0.39 is 0 Å². The van der Waals surface area contributed by atoms with Crippen molar-refractivity contribution < 1.29 is 4.39 Å². The van der Waals surface area contributed by atoms with Gasteiger partial charge in [0.1, 0.15) is 5.82 Å². The molecule has 1 aromatic heterocycles. The zero-order valence-corrected chi connectivity index (χ0v) is 11.2. The molecule has 0 aliphatic heterocycles. The maximum Gasteiger partial charge on any atom is 0.330 e. The van der Waals surface area contributed by atoms with Crippen LogP contribution in [0.4, 0.5) is 10.1 Å². The Kier molecular flexibility index (Phi) is 3.55. The molecule has 0 radical (unpaired) electrons. The highest BCUT2D eigenvalue weighted by atomic mass is 19.1. The second-order valence-electron chi connectivity index (χ2n) is 4.66. The highest BCUT2D eigenvalue weighted by Crippen LogP contribution is 2.13. The first-order valence-corrected chi connectivity index (χ1v) is 6.57. The van der Waals surface area contributed by atoms with Gasteiger partial charge in [-0.05, 0) is 42.0 Å². The molecule has 3 aromatic rings. The number of rotatable bonds is 4. The van der Waals surface area contributed by atoms with Gasteiger partial charge in [-0.15, -0.1) is 0 Å². The van der Waals surface area contributed by atoms with Gasteiger partial charge < -0.3 is 10.3 Å². The summed E-state index contributed by atoms with van der Waals surface area (Å²) >= 11 is 0. The van der Waals surface area contributed by atoms with Gasteiger partial charge in [0, 0.05) is 24.6 Å². The largest absolute Gasteiger partial charge is 0.381 e. The van der Waals surface area contributed by atoms with Crippen molar-refractivity contribution in [3.05, 3.63) is 82.8 Å². The van der Waals surface area contributed by atoms with E-state index in [4.69, 9.17) is 0 Å². The van der Waals surface area contributed by atoms with Crippen LogP contribution in [0.15, 0.2) is 65.7 Å². The average Bonchev–Trinajstić information content (AvgIpc) is 2.93. The molecule has 21 heavy (non-hydrogen) atoms. The molecule has 0 saturated carbocycles. The molecule has 0 aliphatic rings. The first-order valence-electron chi connectivity index (χ1n) is 6.57. The van der Waals surface area contributed by atoms with Crippen molar-refractivity contribution in [2.24, 2.45) is 0 Å². The smallest absolute Gasteiger partial charge is 0.330 e. The normalized spacial score (nSPS) is 10.5. The maximum absolute atomic E-state index is 12.8. The van der Waals surface area contributed by atoms with Crippen molar-refractivity contribution in [3.63, 3.8) is 0 Å². The van der Waals surface area contributed by atoms with Gasteiger partial charge in [0.2, 0.25) is 0 Å². The van der Waals surface area contributed by atoms with Crippen LogP contribution in [0.3, 0.4) is 0 Å². The predicted octanol–water partition coefficient (Wildman–Crippen LogP) is 2.92. The fourth-order valence-corrected chi connectivity index (χ4v) is 2.07. The lowest BCUT2D eigenvalue weighted by molar-refractivity contribution is 0.627. The van der Waals surface area contributed by atoms with Crippen LogP contribution in [0.2, 0.25) is 0 Å². The average molecular weight is 283 g/mol. The number of aromatic nitrogens is 2. The van der Waals surface area contributed by atoms with Crippen LogP contribution in [0, 0.1) is 5.82 Å². The fourth-order valence-electron chi connectivity index (χ4n) is 2.07. The second-order valence-corrected chi connectivity index (χ2v) is 4.66.